The first-order valence-electron chi connectivity index (χ1n) is 5.87. The predicted molar refractivity (Wildman–Crippen MR) is 57.2 cm³/mol. The first-order chi connectivity index (χ1) is 6.81. The monoisotopic (exact) mass is 198 g/mol. The van der Waals surface area contributed by atoms with Crippen LogP contribution in [0, 0.1) is 5.92 Å². The molecule has 82 valence electrons. The molecule has 0 aliphatic carbocycles. The molecule has 0 spiro atoms. The fourth-order valence-electron chi connectivity index (χ4n) is 2.64. The summed E-state index contributed by atoms with van der Waals surface area (Å²) in [7, 11) is 0. The van der Waals surface area contributed by atoms with Gasteiger partial charge in [0.15, 0.2) is 0 Å². The lowest BCUT2D eigenvalue weighted by Crippen LogP contribution is -2.40. The molecule has 2 fully saturated rings. The minimum absolute atomic E-state index is 0.478. The van der Waals surface area contributed by atoms with Gasteiger partial charge >= 0.3 is 0 Å². The highest BCUT2D eigenvalue weighted by molar-refractivity contribution is 4.85. The van der Waals surface area contributed by atoms with Gasteiger partial charge in [0.05, 0.1) is 6.10 Å². The highest BCUT2D eigenvalue weighted by Gasteiger charge is 2.31. The van der Waals surface area contributed by atoms with Crippen molar-refractivity contribution in [3.63, 3.8) is 0 Å². The summed E-state index contributed by atoms with van der Waals surface area (Å²) in [4.78, 5) is 2.55. The Labute approximate surface area is 86.6 Å². The van der Waals surface area contributed by atoms with Gasteiger partial charge in [-0.3, -0.25) is 4.90 Å². The molecule has 0 bridgehead atoms. The van der Waals surface area contributed by atoms with Crippen LogP contribution >= 0.6 is 0 Å². The van der Waals surface area contributed by atoms with Crippen LogP contribution in [0.2, 0.25) is 0 Å². The summed E-state index contributed by atoms with van der Waals surface area (Å²) in [6, 6.07) is 0.592. The van der Waals surface area contributed by atoms with Crippen LogP contribution in [0.1, 0.15) is 26.2 Å². The fourth-order valence-corrected chi connectivity index (χ4v) is 2.64. The van der Waals surface area contributed by atoms with Crippen molar-refractivity contribution >= 4 is 0 Å². The Morgan fingerprint density at radius 1 is 1.50 bits per heavy atom. The molecule has 0 aromatic heterocycles. The Kier molecular flexibility index (Phi) is 3.42. The molecule has 0 aromatic rings. The molecule has 2 aliphatic rings. The first kappa shape index (κ1) is 10.4. The van der Waals surface area contributed by atoms with Crippen molar-refractivity contribution in [2.75, 3.05) is 26.2 Å². The number of rotatable bonds is 3. The summed E-state index contributed by atoms with van der Waals surface area (Å²) in [6.07, 6.45) is 4.23. The van der Waals surface area contributed by atoms with Gasteiger partial charge in [-0.2, -0.15) is 0 Å². The summed E-state index contributed by atoms with van der Waals surface area (Å²) in [5.41, 5.74) is 5.69. The second-order valence-electron chi connectivity index (χ2n) is 4.68. The van der Waals surface area contributed by atoms with E-state index in [1.165, 1.54) is 32.4 Å². The van der Waals surface area contributed by atoms with Gasteiger partial charge in [-0.05, 0) is 45.2 Å². The van der Waals surface area contributed by atoms with Crippen LogP contribution in [0.5, 0.6) is 0 Å². The van der Waals surface area contributed by atoms with E-state index in [-0.39, 0.29) is 0 Å². The Hall–Kier alpha value is -0.120. The molecule has 2 aliphatic heterocycles. The SMILES string of the molecule is CC(C1CCCO1)N1CCC(CN)C1. The Morgan fingerprint density at radius 3 is 2.93 bits per heavy atom. The lowest BCUT2D eigenvalue weighted by Gasteiger charge is -2.28. The number of ether oxygens (including phenoxy) is 1. The van der Waals surface area contributed by atoms with Gasteiger partial charge in [0.2, 0.25) is 0 Å². The largest absolute Gasteiger partial charge is 0.377 e. The second kappa shape index (κ2) is 4.60. The quantitative estimate of drug-likeness (QED) is 0.730. The predicted octanol–water partition coefficient (Wildman–Crippen LogP) is 0.834. The van der Waals surface area contributed by atoms with E-state index in [0.29, 0.717) is 12.1 Å². The summed E-state index contributed by atoms with van der Waals surface area (Å²) in [5.74, 6) is 0.721. The third kappa shape index (κ3) is 2.10. The molecular weight excluding hydrogens is 176 g/mol. The third-order valence-electron chi connectivity index (χ3n) is 3.73. The van der Waals surface area contributed by atoms with Crippen LogP contribution in [0.4, 0.5) is 0 Å². The number of hydrogen-bond acceptors (Lipinski definition) is 3. The smallest absolute Gasteiger partial charge is 0.0728 e. The minimum atomic E-state index is 0.478. The van der Waals surface area contributed by atoms with E-state index in [2.05, 4.69) is 11.8 Å². The van der Waals surface area contributed by atoms with Gasteiger partial charge < -0.3 is 10.5 Å². The summed E-state index contributed by atoms with van der Waals surface area (Å²) >= 11 is 0. The topological polar surface area (TPSA) is 38.5 Å². The fraction of sp³-hybridized carbons (Fsp3) is 1.00. The Morgan fingerprint density at radius 2 is 2.36 bits per heavy atom. The van der Waals surface area contributed by atoms with Crippen LogP contribution in [0.15, 0.2) is 0 Å². The van der Waals surface area contributed by atoms with E-state index in [1.54, 1.807) is 0 Å². The minimum Gasteiger partial charge on any atom is -0.377 e. The van der Waals surface area contributed by atoms with Crippen molar-refractivity contribution in [1.29, 1.82) is 0 Å². The maximum Gasteiger partial charge on any atom is 0.0728 e. The molecule has 3 nitrogen and oxygen atoms in total. The highest BCUT2D eigenvalue weighted by Crippen LogP contribution is 2.24. The second-order valence-corrected chi connectivity index (χ2v) is 4.68. The van der Waals surface area contributed by atoms with Gasteiger partial charge in [0.25, 0.3) is 0 Å². The summed E-state index contributed by atoms with van der Waals surface area (Å²) < 4.78 is 5.72. The van der Waals surface area contributed by atoms with Crippen LogP contribution in [-0.4, -0.2) is 43.3 Å². The van der Waals surface area contributed by atoms with Crippen molar-refractivity contribution in [3.05, 3.63) is 0 Å². The normalized spacial score (nSPS) is 36.4. The van der Waals surface area contributed by atoms with Crippen molar-refractivity contribution in [3.8, 4) is 0 Å². The average molecular weight is 198 g/mol. The van der Waals surface area contributed by atoms with Gasteiger partial charge in [-0.1, -0.05) is 0 Å². The van der Waals surface area contributed by atoms with Crippen molar-refractivity contribution in [1.82, 2.24) is 4.90 Å². The summed E-state index contributed by atoms with van der Waals surface area (Å²) in [6.45, 7) is 6.49. The van der Waals surface area contributed by atoms with Crippen molar-refractivity contribution < 1.29 is 4.74 Å². The Bertz CT molecular complexity index is 180. The molecule has 2 heterocycles. The Balaban J connectivity index is 1.83. The first-order valence-corrected chi connectivity index (χ1v) is 5.87. The van der Waals surface area contributed by atoms with E-state index in [9.17, 15) is 0 Å². The lowest BCUT2D eigenvalue weighted by atomic mass is 10.1. The summed E-state index contributed by atoms with van der Waals surface area (Å²) in [5, 5.41) is 0. The van der Waals surface area contributed by atoms with Gasteiger partial charge in [0.1, 0.15) is 0 Å². The van der Waals surface area contributed by atoms with Crippen LogP contribution in [0.3, 0.4) is 0 Å². The molecule has 0 amide bonds. The molecule has 2 N–H and O–H groups in total. The average Bonchev–Trinajstić information content (AvgIpc) is 2.88. The van der Waals surface area contributed by atoms with Crippen molar-refractivity contribution in [2.45, 2.75) is 38.3 Å². The zero-order valence-electron chi connectivity index (χ0n) is 9.11. The molecule has 0 radical (unpaired) electrons. The standard InChI is InChI=1S/C11H22N2O/c1-9(11-3-2-6-14-11)13-5-4-10(7-12)8-13/h9-11H,2-8,12H2,1H3. The van der Waals surface area contributed by atoms with E-state index >= 15 is 0 Å². The lowest BCUT2D eigenvalue weighted by molar-refractivity contribution is 0.0394. The molecule has 0 saturated carbocycles. The van der Waals surface area contributed by atoms with Gasteiger partial charge in [0, 0.05) is 19.2 Å². The zero-order chi connectivity index (χ0) is 9.97. The zero-order valence-corrected chi connectivity index (χ0v) is 9.11. The molecule has 2 saturated heterocycles. The maximum absolute atomic E-state index is 5.72. The maximum atomic E-state index is 5.72. The number of nitrogens with zero attached hydrogens (tertiary/aromatic N) is 1. The number of likely N-dealkylation sites (tertiary alicyclic amines) is 1. The highest BCUT2D eigenvalue weighted by atomic mass is 16.5. The van der Waals surface area contributed by atoms with E-state index in [4.69, 9.17) is 10.5 Å². The number of hydrogen-bond donors (Lipinski definition) is 1. The molecule has 3 unspecified atom stereocenters. The van der Waals surface area contributed by atoms with Crippen LogP contribution < -0.4 is 5.73 Å². The number of nitrogens with two attached hydrogens (primary N) is 1. The molecule has 3 heteroatoms. The van der Waals surface area contributed by atoms with Gasteiger partial charge in [-0.25, -0.2) is 0 Å². The van der Waals surface area contributed by atoms with Crippen LogP contribution in [-0.2, 0) is 4.74 Å². The molecule has 3 atom stereocenters. The van der Waals surface area contributed by atoms with Crippen LogP contribution in [0.25, 0.3) is 0 Å². The van der Waals surface area contributed by atoms with E-state index < -0.39 is 0 Å². The molecular formula is C11H22N2O. The van der Waals surface area contributed by atoms with E-state index in [0.717, 1.165) is 19.1 Å². The molecule has 2 rings (SSSR count). The van der Waals surface area contributed by atoms with E-state index in [1.807, 2.05) is 0 Å². The third-order valence-corrected chi connectivity index (χ3v) is 3.73. The molecule has 0 aromatic carbocycles. The van der Waals surface area contributed by atoms with Gasteiger partial charge in [-0.15, -0.1) is 0 Å². The molecule has 14 heavy (non-hydrogen) atoms. The van der Waals surface area contributed by atoms with Crippen molar-refractivity contribution in [2.24, 2.45) is 11.7 Å².